The quantitative estimate of drug-likeness (QED) is 0.908. The van der Waals surface area contributed by atoms with Crippen LogP contribution in [0.25, 0.3) is 0 Å². The lowest BCUT2D eigenvalue weighted by atomic mass is 10.2. The second-order valence-electron chi connectivity index (χ2n) is 3.99. The van der Waals surface area contributed by atoms with Gasteiger partial charge >= 0.3 is 0 Å². The summed E-state index contributed by atoms with van der Waals surface area (Å²) < 4.78 is 13.8. The molecule has 1 aromatic carbocycles. The molecule has 0 unspecified atom stereocenters. The van der Waals surface area contributed by atoms with Gasteiger partial charge in [-0.2, -0.15) is 0 Å². The van der Waals surface area contributed by atoms with Gasteiger partial charge in [0.1, 0.15) is 11.5 Å². The number of amides is 2. The number of nitrogens with zero attached hydrogens (tertiary/aromatic N) is 1. The summed E-state index contributed by atoms with van der Waals surface area (Å²) in [7, 11) is 0. The SMILES string of the molecule is NC(=O)c1cc(NC(=O)c2c(F)cc(Cl)cc2Cl)ccn1. The molecule has 108 valence electrons. The molecule has 0 radical (unpaired) electrons. The Morgan fingerprint density at radius 2 is 1.95 bits per heavy atom. The molecule has 5 nitrogen and oxygen atoms in total. The first-order valence-corrected chi connectivity index (χ1v) is 6.36. The smallest absolute Gasteiger partial charge is 0.267 e. The van der Waals surface area contributed by atoms with Crippen LogP contribution in [0.1, 0.15) is 20.8 Å². The molecule has 0 atom stereocenters. The Labute approximate surface area is 128 Å². The maximum absolute atomic E-state index is 13.8. The van der Waals surface area contributed by atoms with E-state index in [2.05, 4.69) is 10.3 Å². The summed E-state index contributed by atoms with van der Waals surface area (Å²) in [6, 6.07) is 4.92. The van der Waals surface area contributed by atoms with Crippen molar-refractivity contribution in [2.24, 2.45) is 5.73 Å². The Morgan fingerprint density at radius 3 is 2.57 bits per heavy atom. The van der Waals surface area contributed by atoms with Crippen LogP contribution in [-0.4, -0.2) is 16.8 Å². The molecule has 0 saturated heterocycles. The molecule has 2 amide bonds. The van der Waals surface area contributed by atoms with Gasteiger partial charge in [0, 0.05) is 16.9 Å². The maximum atomic E-state index is 13.8. The Balaban J connectivity index is 2.30. The topological polar surface area (TPSA) is 85.1 Å². The van der Waals surface area contributed by atoms with Crippen LogP contribution in [-0.2, 0) is 0 Å². The first kappa shape index (κ1) is 15.2. The van der Waals surface area contributed by atoms with Crippen LogP contribution in [0.5, 0.6) is 0 Å². The lowest BCUT2D eigenvalue weighted by Crippen LogP contribution is -2.17. The molecular formula is C13H8Cl2FN3O2. The lowest BCUT2D eigenvalue weighted by Gasteiger charge is -2.08. The number of nitrogens with two attached hydrogens (primary N) is 1. The van der Waals surface area contributed by atoms with Crippen molar-refractivity contribution in [3.8, 4) is 0 Å². The van der Waals surface area contributed by atoms with Crippen molar-refractivity contribution in [3.05, 3.63) is 57.6 Å². The number of hydrogen-bond acceptors (Lipinski definition) is 3. The number of aromatic nitrogens is 1. The highest BCUT2D eigenvalue weighted by Gasteiger charge is 2.17. The zero-order chi connectivity index (χ0) is 15.6. The summed E-state index contributed by atoms with van der Waals surface area (Å²) >= 11 is 11.4. The van der Waals surface area contributed by atoms with Crippen molar-refractivity contribution in [2.75, 3.05) is 5.32 Å². The Morgan fingerprint density at radius 1 is 1.24 bits per heavy atom. The van der Waals surface area contributed by atoms with Gasteiger partial charge in [-0.3, -0.25) is 14.6 Å². The van der Waals surface area contributed by atoms with Crippen molar-refractivity contribution >= 4 is 40.7 Å². The second kappa shape index (κ2) is 6.07. The van der Waals surface area contributed by atoms with Crippen LogP contribution in [0.15, 0.2) is 30.5 Å². The third-order valence-corrected chi connectivity index (χ3v) is 3.02. The van der Waals surface area contributed by atoms with E-state index < -0.39 is 17.6 Å². The molecule has 1 heterocycles. The normalized spacial score (nSPS) is 10.2. The van der Waals surface area contributed by atoms with Gasteiger partial charge in [-0.1, -0.05) is 23.2 Å². The fraction of sp³-hybridized carbons (Fsp3) is 0. The van der Waals surface area contributed by atoms with E-state index in [0.717, 1.165) is 6.07 Å². The molecule has 3 N–H and O–H groups in total. The van der Waals surface area contributed by atoms with Crippen LogP contribution in [0.2, 0.25) is 10.0 Å². The first-order chi connectivity index (χ1) is 9.88. The number of pyridine rings is 1. The Hall–Kier alpha value is -2.18. The number of hydrogen-bond donors (Lipinski definition) is 2. The number of carbonyl (C=O) groups is 2. The summed E-state index contributed by atoms with van der Waals surface area (Å²) in [4.78, 5) is 26.8. The van der Waals surface area contributed by atoms with Gasteiger partial charge < -0.3 is 11.1 Å². The van der Waals surface area contributed by atoms with E-state index in [4.69, 9.17) is 28.9 Å². The van der Waals surface area contributed by atoms with E-state index in [0.29, 0.717) is 0 Å². The molecule has 2 aromatic rings. The van der Waals surface area contributed by atoms with Crippen molar-refractivity contribution in [1.29, 1.82) is 0 Å². The zero-order valence-electron chi connectivity index (χ0n) is 10.4. The lowest BCUT2D eigenvalue weighted by molar-refractivity contribution is 0.0991. The third kappa shape index (κ3) is 3.48. The van der Waals surface area contributed by atoms with E-state index in [1.54, 1.807) is 0 Å². The minimum atomic E-state index is -0.853. The fourth-order valence-electron chi connectivity index (χ4n) is 1.60. The highest BCUT2D eigenvalue weighted by Crippen LogP contribution is 2.25. The predicted octanol–water partition coefficient (Wildman–Crippen LogP) is 2.88. The van der Waals surface area contributed by atoms with Crippen LogP contribution in [0, 0.1) is 5.82 Å². The van der Waals surface area contributed by atoms with E-state index >= 15 is 0 Å². The average molecular weight is 328 g/mol. The van der Waals surface area contributed by atoms with Crippen molar-refractivity contribution < 1.29 is 14.0 Å². The van der Waals surface area contributed by atoms with Gasteiger partial charge in [0.2, 0.25) is 0 Å². The highest BCUT2D eigenvalue weighted by molar-refractivity contribution is 6.37. The van der Waals surface area contributed by atoms with Gasteiger partial charge in [-0.15, -0.1) is 0 Å². The summed E-state index contributed by atoms with van der Waals surface area (Å²) in [6.07, 6.45) is 1.29. The number of anilines is 1. The first-order valence-electron chi connectivity index (χ1n) is 5.60. The molecule has 0 aliphatic heterocycles. The molecule has 21 heavy (non-hydrogen) atoms. The van der Waals surface area contributed by atoms with Crippen LogP contribution in [0.4, 0.5) is 10.1 Å². The molecule has 8 heteroatoms. The predicted molar refractivity (Wildman–Crippen MR) is 77.1 cm³/mol. The van der Waals surface area contributed by atoms with E-state index in [1.807, 2.05) is 0 Å². The fourth-order valence-corrected chi connectivity index (χ4v) is 2.15. The molecule has 0 saturated carbocycles. The largest absolute Gasteiger partial charge is 0.364 e. The van der Waals surface area contributed by atoms with Gasteiger partial charge in [0.05, 0.1) is 10.6 Å². The minimum absolute atomic E-state index is 0.0320. The number of nitrogens with one attached hydrogen (secondary N) is 1. The molecule has 0 aliphatic carbocycles. The van der Waals surface area contributed by atoms with E-state index in [-0.39, 0.29) is 27.0 Å². The van der Waals surface area contributed by atoms with Crippen molar-refractivity contribution in [1.82, 2.24) is 4.98 Å². The monoisotopic (exact) mass is 327 g/mol. The molecule has 0 spiro atoms. The van der Waals surface area contributed by atoms with Crippen LogP contribution < -0.4 is 11.1 Å². The second-order valence-corrected chi connectivity index (χ2v) is 4.84. The third-order valence-electron chi connectivity index (χ3n) is 2.50. The van der Waals surface area contributed by atoms with Crippen LogP contribution >= 0.6 is 23.2 Å². The Kier molecular flexibility index (Phi) is 4.40. The van der Waals surface area contributed by atoms with E-state index in [1.165, 1.54) is 24.4 Å². The number of rotatable bonds is 3. The maximum Gasteiger partial charge on any atom is 0.267 e. The number of benzene rings is 1. The van der Waals surface area contributed by atoms with Gasteiger partial charge in [-0.25, -0.2) is 4.39 Å². The van der Waals surface area contributed by atoms with Crippen LogP contribution in [0.3, 0.4) is 0 Å². The molecule has 0 fully saturated rings. The summed E-state index contributed by atoms with van der Waals surface area (Å²) in [5.74, 6) is -2.38. The Bertz CT molecular complexity index is 714. The molecule has 0 aliphatic rings. The summed E-state index contributed by atoms with van der Waals surface area (Å²) in [5, 5.41) is 2.35. The highest BCUT2D eigenvalue weighted by atomic mass is 35.5. The molecule has 2 rings (SSSR count). The molecule has 1 aromatic heterocycles. The number of primary amides is 1. The van der Waals surface area contributed by atoms with Gasteiger partial charge in [-0.05, 0) is 24.3 Å². The summed E-state index contributed by atoms with van der Waals surface area (Å²) in [5.41, 5.74) is 4.93. The molecular weight excluding hydrogens is 320 g/mol. The van der Waals surface area contributed by atoms with Gasteiger partial charge in [0.15, 0.2) is 0 Å². The standard InChI is InChI=1S/C13H8Cl2FN3O2/c14-6-3-8(15)11(9(16)4-6)13(21)19-7-1-2-18-10(5-7)12(17)20/h1-5H,(H2,17,20)(H,18,19,21). The molecule has 0 bridgehead atoms. The summed E-state index contributed by atoms with van der Waals surface area (Å²) in [6.45, 7) is 0. The average Bonchev–Trinajstić information content (AvgIpc) is 2.37. The number of halogens is 3. The number of carbonyl (C=O) groups excluding carboxylic acids is 2. The van der Waals surface area contributed by atoms with Crippen molar-refractivity contribution in [2.45, 2.75) is 0 Å². The van der Waals surface area contributed by atoms with E-state index in [9.17, 15) is 14.0 Å². The van der Waals surface area contributed by atoms with Crippen molar-refractivity contribution in [3.63, 3.8) is 0 Å². The minimum Gasteiger partial charge on any atom is -0.364 e. The van der Waals surface area contributed by atoms with Gasteiger partial charge in [0.25, 0.3) is 11.8 Å². The zero-order valence-corrected chi connectivity index (χ0v) is 11.9.